The van der Waals surface area contributed by atoms with Crippen molar-refractivity contribution >= 4 is 45.2 Å². The van der Waals surface area contributed by atoms with Gasteiger partial charge in [0.1, 0.15) is 18.2 Å². The van der Waals surface area contributed by atoms with Crippen molar-refractivity contribution in [2.45, 2.75) is 13.5 Å². The Morgan fingerprint density at radius 1 is 1.19 bits per heavy atom. The molecule has 0 unspecified atom stereocenters. The molecule has 3 rings (SSSR count). The van der Waals surface area contributed by atoms with E-state index in [1.807, 2.05) is 43.3 Å². The van der Waals surface area contributed by atoms with E-state index in [9.17, 15) is 10.1 Å². The van der Waals surface area contributed by atoms with E-state index in [2.05, 4.69) is 21.2 Å². The normalized spacial score (nSPS) is 10.9. The van der Waals surface area contributed by atoms with E-state index < -0.39 is 5.91 Å². The van der Waals surface area contributed by atoms with Crippen LogP contribution in [0.5, 0.6) is 11.5 Å². The minimum atomic E-state index is -0.495. The van der Waals surface area contributed by atoms with Crippen LogP contribution in [0.2, 0.25) is 5.02 Å². The Morgan fingerprint density at radius 2 is 1.91 bits per heavy atom. The number of nitrogens with zero attached hydrogens (tertiary/aromatic N) is 1. The second-order valence-corrected chi connectivity index (χ2v) is 8.17. The molecule has 0 aliphatic rings. The maximum Gasteiger partial charge on any atom is 0.266 e. The second kappa shape index (κ2) is 10.9. The first-order valence-corrected chi connectivity index (χ1v) is 10.8. The zero-order valence-corrected chi connectivity index (χ0v) is 19.8. The third-order valence-electron chi connectivity index (χ3n) is 4.57. The maximum atomic E-state index is 12.5. The number of carbonyl (C=O) groups is 1. The molecule has 0 spiro atoms. The van der Waals surface area contributed by atoms with Gasteiger partial charge in [-0.25, -0.2) is 0 Å². The molecule has 0 saturated carbocycles. The van der Waals surface area contributed by atoms with Crippen molar-refractivity contribution in [1.29, 1.82) is 5.26 Å². The summed E-state index contributed by atoms with van der Waals surface area (Å²) in [6.45, 7) is 2.21. The van der Waals surface area contributed by atoms with Crippen LogP contribution in [0.15, 0.2) is 70.7 Å². The molecule has 0 fully saturated rings. The largest absolute Gasteiger partial charge is 0.493 e. The summed E-state index contributed by atoms with van der Waals surface area (Å²) in [4.78, 5) is 12.5. The van der Waals surface area contributed by atoms with Crippen LogP contribution in [0.4, 0.5) is 5.69 Å². The number of hydrogen-bond acceptors (Lipinski definition) is 4. The predicted molar refractivity (Wildman–Crippen MR) is 130 cm³/mol. The van der Waals surface area contributed by atoms with E-state index in [0.717, 1.165) is 11.1 Å². The van der Waals surface area contributed by atoms with Crippen LogP contribution >= 0.6 is 27.5 Å². The van der Waals surface area contributed by atoms with E-state index >= 15 is 0 Å². The van der Waals surface area contributed by atoms with Crippen molar-refractivity contribution in [3.05, 3.63) is 92.4 Å². The molecule has 0 atom stereocenters. The highest BCUT2D eigenvalue weighted by atomic mass is 79.9. The zero-order valence-electron chi connectivity index (χ0n) is 17.5. The number of rotatable bonds is 7. The summed E-state index contributed by atoms with van der Waals surface area (Å²) in [5.41, 5.74) is 3.10. The van der Waals surface area contributed by atoms with Gasteiger partial charge < -0.3 is 14.8 Å². The van der Waals surface area contributed by atoms with Gasteiger partial charge in [0.2, 0.25) is 0 Å². The van der Waals surface area contributed by atoms with E-state index in [0.29, 0.717) is 32.2 Å². The number of ether oxygens (including phenoxy) is 2. The molecule has 3 aromatic rings. The van der Waals surface area contributed by atoms with Crippen LogP contribution in [-0.2, 0) is 11.4 Å². The number of anilines is 1. The fourth-order valence-corrected chi connectivity index (χ4v) is 3.64. The molecule has 0 heterocycles. The quantitative estimate of drug-likeness (QED) is 0.289. The number of amides is 1. The Hall–Kier alpha value is -3.27. The van der Waals surface area contributed by atoms with E-state index in [1.54, 1.807) is 30.3 Å². The molecule has 0 saturated heterocycles. The fraction of sp³-hybridized carbons (Fsp3) is 0.120. The van der Waals surface area contributed by atoms with Crippen LogP contribution < -0.4 is 14.8 Å². The van der Waals surface area contributed by atoms with Crippen molar-refractivity contribution in [3.8, 4) is 17.6 Å². The van der Waals surface area contributed by atoms with Crippen LogP contribution in [0.1, 0.15) is 16.7 Å². The topological polar surface area (TPSA) is 71.3 Å². The Balaban J connectivity index is 1.82. The van der Waals surface area contributed by atoms with Crippen molar-refractivity contribution in [1.82, 2.24) is 0 Å². The smallest absolute Gasteiger partial charge is 0.266 e. The van der Waals surface area contributed by atoms with E-state index in [4.69, 9.17) is 21.1 Å². The summed E-state index contributed by atoms with van der Waals surface area (Å²) in [6, 6.07) is 20.2. The molecule has 7 heteroatoms. The van der Waals surface area contributed by atoms with Crippen molar-refractivity contribution in [2.75, 3.05) is 12.4 Å². The van der Waals surface area contributed by atoms with Crippen LogP contribution in [-0.4, -0.2) is 13.0 Å². The molecule has 5 nitrogen and oxygen atoms in total. The Morgan fingerprint density at radius 3 is 2.56 bits per heavy atom. The Bertz CT molecular complexity index is 1200. The van der Waals surface area contributed by atoms with Gasteiger partial charge >= 0.3 is 0 Å². The average Bonchev–Trinajstić information content (AvgIpc) is 2.78. The summed E-state index contributed by atoms with van der Waals surface area (Å²) < 4.78 is 12.0. The highest BCUT2D eigenvalue weighted by Gasteiger charge is 2.15. The van der Waals surface area contributed by atoms with Gasteiger partial charge in [-0.05, 0) is 64.8 Å². The third kappa shape index (κ3) is 5.91. The molecule has 1 N–H and O–H groups in total. The van der Waals surface area contributed by atoms with Crippen molar-refractivity contribution in [3.63, 3.8) is 0 Å². The number of nitrogens with one attached hydrogen (secondary N) is 1. The van der Waals surface area contributed by atoms with Gasteiger partial charge in [0, 0.05) is 16.3 Å². The predicted octanol–water partition coefficient (Wildman–Crippen LogP) is 6.54. The number of aryl methyl sites for hydroxylation is 1. The highest BCUT2D eigenvalue weighted by molar-refractivity contribution is 9.10. The lowest BCUT2D eigenvalue weighted by molar-refractivity contribution is -0.112. The molecular formula is C25H20BrClN2O3. The SMILES string of the molecule is COc1cc(/C=C(/C#N)C(=O)Nc2ccc(C)cc2)cc(Br)c1OCc1ccccc1Cl. The van der Waals surface area contributed by atoms with Gasteiger partial charge in [0.15, 0.2) is 11.5 Å². The van der Waals surface area contributed by atoms with Crippen LogP contribution in [0, 0.1) is 18.3 Å². The van der Waals surface area contributed by atoms with Gasteiger partial charge in [0.25, 0.3) is 5.91 Å². The third-order valence-corrected chi connectivity index (χ3v) is 5.52. The molecular weight excluding hydrogens is 492 g/mol. The Kier molecular flexibility index (Phi) is 7.93. The molecule has 0 aliphatic heterocycles. The van der Waals surface area contributed by atoms with E-state index in [-0.39, 0.29) is 12.2 Å². The first-order valence-electron chi connectivity index (χ1n) is 9.65. The molecule has 32 heavy (non-hydrogen) atoms. The molecule has 0 aromatic heterocycles. The summed E-state index contributed by atoms with van der Waals surface area (Å²) in [6.07, 6.45) is 1.49. The lowest BCUT2D eigenvalue weighted by atomic mass is 10.1. The minimum absolute atomic E-state index is 0.0377. The second-order valence-electron chi connectivity index (χ2n) is 6.90. The number of methoxy groups -OCH3 is 1. The maximum absolute atomic E-state index is 12.5. The lowest BCUT2D eigenvalue weighted by Crippen LogP contribution is -2.13. The van der Waals surface area contributed by atoms with Crippen LogP contribution in [0.25, 0.3) is 6.08 Å². The average molecular weight is 512 g/mol. The Labute approximate surface area is 200 Å². The fourth-order valence-electron chi connectivity index (χ4n) is 2.88. The molecule has 162 valence electrons. The number of halogens is 2. The first-order chi connectivity index (χ1) is 15.4. The molecule has 0 radical (unpaired) electrons. The number of carbonyl (C=O) groups excluding carboxylic acids is 1. The summed E-state index contributed by atoms with van der Waals surface area (Å²) in [7, 11) is 1.52. The number of benzene rings is 3. The minimum Gasteiger partial charge on any atom is -0.493 e. The van der Waals surface area contributed by atoms with Gasteiger partial charge in [-0.1, -0.05) is 47.5 Å². The lowest BCUT2D eigenvalue weighted by Gasteiger charge is -2.14. The van der Waals surface area contributed by atoms with Crippen molar-refractivity contribution in [2.24, 2.45) is 0 Å². The monoisotopic (exact) mass is 510 g/mol. The number of hydrogen-bond donors (Lipinski definition) is 1. The number of nitriles is 1. The van der Waals surface area contributed by atoms with E-state index in [1.165, 1.54) is 13.2 Å². The molecule has 0 aliphatic carbocycles. The zero-order chi connectivity index (χ0) is 23.1. The summed E-state index contributed by atoms with van der Waals surface area (Å²) in [5.74, 6) is 0.451. The van der Waals surface area contributed by atoms with Gasteiger partial charge in [0.05, 0.1) is 11.6 Å². The first kappa shape index (κ1) is 23.4. The highest BCUT2D eigenvalue weighted by Crippen LogP contribution is 2.38. The summed E-state index contributed by atoms with van der Waals surface area (Å²) in [5, 5.41) is 12.8. The summed E-state index contributed by atoms with van der Waals surface area (Å²) >= 11 is 9.69. The van der Waals surface area contributed by atoms with Gasteiger partial charge in [-0.3, -0.25) is 4.79 Å². The van der Waals surface area contributed by atoms with Crippen LogP contribution in [0.3, 0.4) is 0 Å². The molecule has 3 aromatic carbocycles. The van der Waals surface area contributed by atoms with Crippen molar-refractivity contribution < 1.29 is 14.3 Å². The van der Waals surface area contributed by atoms with Gasteiger partial charge in [-0.2, -0.15) is 5.26 Å². The molecule has 1 amide bonds. The standard InChI is InChI=1S/C25H20BrClN2O3/c1-16-7-9-20(10-8-16)29-25(30)19(14-28)11-17-12-21(26)24(23(13-17)31-2)32-15-18-5-3-4-6-22(18)27/h3-13H,15H2,1-2H3,(H,29,30)/b19-11-. The molecule has 0 bridgehead atoms. The van der Waals surface area contributed by atoms with Gasteiger partial charge in [-0.15, -0.1) is 0 Å².